The number of nitrogens with one attached hydrogen (secondary N) is 1. The number of hydrogen-bond acceptors (Lipinski definition) is 3. The van der Waals surface area contributed by atoms with Crippen LogP contribution >= 0.6 is 0 Å². The molecule has 0 aliphatic heterocycles. The maximum atomic E-state index is 11.5. The number of carbonyl (C=O) groups excluding carboxylic acids is 1. The Balaban J connectivity index is 3.17. The molecule has 1 unspecified atom stereocenters. The molecule has 0 bridgehead atoms. The summed E-state index contributed by atoms with van der Waals surface area (Å²) in [6.07, 6.45) is -0.791. The van der Waals surface area contributed by atoms with Crippen LogP contribution in [0.5, 0.6) is 0 Å². The zero-order valence-corrected chi connectivity index (χ0v) is 6.22. The lowest BCUT2D eigenvalue weighted by Gasteiger charge is -2.06. The molecule has 0 radical (unpaired) electrons. The van der Waals surface area contributed by atoms with Crippen LogP contribution in [0.3, 0.4) is 0 Å². The Morgan fingerprint density at radius 2 is 2.36 bits per heavy atom. The average molecular weight is 164 g/mol. The van der Waals surface area contributed by atoms with Crippen molar-refractivity contribution in [1.82, 2.24) is 5.32 Å². The summed E-state index contributed by atoms with van der Waals surface area (Å²) in [7, 11) is 0. The molecule has 0 saturated heterocycles. The third kappa shape index (κ3) is 5.75. The zero-order valence-electron chi connectivity index (χ0n) is 6.22. The Kier molecular flexibility index (Phi) is 5.68. The van der Waals surface area contributed by atoms with Gasteiger partial charge in [-0.1, -0.05) is 0 Å². The fourth-order valence-electron chi connectivity index (χ4n) is 0.531. The van der Waals surface area contributed by atoms with E-state index >= 15 is 0 Å². The molecule has 0 saturated carbocycles. The fourth-order valence-corrected chi connectivity index (χ4v) is 0.531. The first-order chi connectivity index (χ1) is 5.18. The Morgan fingerprint density at radius 3 is 2.82 bits per heavy atom. The minimum absolute atomic E-state index is 0.0926. The monoisotopic (exact) mass is 164 g/mol. The SMILES string of the molecule is NC(=O)C(O)CNCCCF. The molecule has 66 valence electrons. The summed E-state index contributed by atoms with van der Waals surface area (Å²) < 4.78 is 11.5. The maximum Gasteiger partial charge on any atom is 0.247 e. The molecule has 0 aromatic heterocycles. The molecule has 0 aromatic rings. The number of alkyl halides is 1. The van der Waals surface area contributed by atoms with E-state index in [0.717, 1.165) is 0 Å². The molecule has 0 fully saturated rings. The molecule has 4 N–H and O–H groups in total. The van der Waals surface area contributed by atoms with E-state index < -0.39 is 18.7 Å². The van der Waals surface area contributed by atoms with Crippen LogP contribution in [0, 0.1) is 0 Å². The largest absolute Gasteiger partial charge is 0.382 e. The number of nitrogens with two attached hydrogens (primary N) is 1. The topological polar surface area (TPSA) is 75.4 Å². The summed E-state index contributed by atoms with van der Waals surface area (Å²) in [6.45, 7) is 0.135. The molecule has 0 spiro atoms. The van der Waals surface area contributed by atoms with Crippen molar-refractivity contribution in [3.05, 3.63) is 0 Å². The number of hydrogen-bond donors (Lipinski definition) is 3. The zero-order chi connectivity index (χ0) is 8.69. The van der Waals surface area contributed by atoms with Gasteiger partial charge in [0.05, 0.1) is 6.67 Å². The normalized spacial score (nSPS) is 12.9. The van der Waals surface area contributed by atoms with Crippen LogP contribution < -0.4 is 11.1 Å². The highest BCUT2D eigenvalue weighted by molar-refractivity contribution is 5.78. The Labute approximate surface area is 64.6 Å². The van der Waals surface area contributed by atoms with E-state index in [2.05, 4.69) is 5.32 Å². The average Bonchev–Trinajstić information content (AvgIpc) is 1.97. The van der Waals surface area contributed by atoms with E-state index in [4.69, 9.17) is 10.8 Å². The lowest BCUT2D eigenvalue weighted by atomic mass is 10.3. The van der Waals surface area contributed by atoms with Crippen molar-refractivity contribution in [3.63, 3.8) is 0 Å². The Morgan fingerprint density at radius 1 is 1.73 bits per heavy atom. The molecule has 0 heterocycles. The summed E-state index contributed by atoms with van der Waals surface area (Å²) >= 11 is 0. The van der Waals surface area contributed by atoms with Crippen molar-refractivity contribution in [3.8, 4) is 0 Å². The van der Waals surface area contributed by atoms with E-state index in [1.165, 1.54) is 0 Å². The quantitative estimate of drug-likeness (QED) is 0.431. The van der Waals surface area contributed by atoms with Crippen molar-refractivity contribution in [2.24, 2.45) is 5.73 Å². The van der Waals surface area contributed by atoms with Gasteiger partial charge in [0.2, 0.25) is 5.91 Å². The number of carbonyl (C=O) groups is 1. The first-order valence-electron chi connectivity index (χ1n) is 3.42. The Bertz CT molecular complexity index is 121. The fraction of sp³-hybridized carbons (Fsp3) is 0.833. The van der Waals surface area contributed by atoms with E-state index in [9.17, 15) is 9.18 Å². The summed E-state index contributed by atoms with van der Waals surface area (Å²) in [5, 5.41) is 11.5. The predicted octanol–water partition coefficient (Wildman–Crippen LogP) is -1.22. The molecule has 0 aliphatic carbocycles. The summed E-state index contributed by atoms with van der Waals surface area (Å²) in [5.41, 5.74) is 4.75. The number of amides is 1. The second-order valence-corrected chi connectivity index (χ2v) is 2.16. The molecule has 0 aromatic carbocycles. The van der Waals surface area contributed by atoms with Gasteiger partial charge >= 0.3 is 0 Å². The van der Waals surface area contributed by atoms with Gasteiger partial charge < -0.3 is 16.2 Å². The number of aliphatic hydroxyl groups is 1. The third-order valence-electron chi connectivity index (χ3n) is 1.15. The molecule has 0 rings (SSSR count). The summed E-state index contributed by atoms with van der Waals surface area (Å²) in [5.74, 6) is -0.766. The number of halogens is 1. The van der Waals surface area contributed by atoms with Crippen molar-refractivity contribution in [2.75, 3.05) is 19.8 Å². The molecule has 0 aliphatic rings. The van der Waals surface area contributed by atoms with Crippen LogP contribution in [0.4, 0.5) is 4.39 Å². The minimum atomic E-state index is -1.17. The van der Waals surface area contributed by atoms with Crippen molar-refractivity contribution in [1.29, 1.82) is 0 Å². The van der Waals surface area contributed by atoms with Crippen LogP contribution in [0.15, 0.2) is 0 Å². The van der Waals surface area contributed by atoms with Crippen molar-refractivity contribution < 1.29 is 14.3 Å². The van der Waals surface area contributed by atoms with Crippen LogP contribution in [-0.2, 0) is 4.79 Å². The van der Waals surface area contributed by atoms with Crippen LogP contribution in [0.25, 0.3) is 0 Å². The van der Waals surface area contributed by atoms with Crippen LogP contribution in [-0.4, -0.2) is 36.9 Å². The second-order valence-electron chi connectivity index (χ2n) is 2.16. The van der Waals surface area contributed by atoms with Gasteiger partial charge in [0.1, 0.15) is 6.10 Å². The molecular weight excluding hydrogens is 151 g/mol. The van der Waals surface area contributed by atoms with Crippen molar-refractivity contribution >= 4 is 5.91 Å². The molecule has 1 atom stereocenters. The lowest BCUT2D eigenvalue weighted by molar-refractivity contribution is -0.125. The van der Waals surface area contributed by atoms with Gasteiger partial charge in [-0.3, -0.25) is 9.18 Å². The first-order valence-corrected chi connectivity index (χ1v) is 3.42. The minimum Gasteiger partial charge on any atom is -0.382 e. The Hall–Kier alpha value is -0.680. The van der Waals surface area contributed by atoms with Crippen LogP contribution in [0.2, 0.25) is 0 Å². The molecule has 1 amide bonds. The standard InChI is InChI=1S/C6H13FN2O2/c7-2-1-3-9-4-5(10)6(8)11/h5,9-10H,1-4H2,(H2,8,11). The van der Waals surface area contributed by atoms with E-state index in [0.29, 0.717) is 13.0 Å². The lowest BCUT2D eigenvalue weighted by Crippen LogP contribution is -2.37. The van der Waals surface area contributed by atoms with Crippen LogP contribution in [0.1, 0.15) is 6.42 Å². The molecule has 11 heavy (non-hydrogen) atoms. The first kappa shape index (κ1) is 10.3. The van der Waals surface area contributed by atoms with E-state index in [1.54, 1.807) is 0 Å². The van der Waals surface area contributed by atoms with E-state index in [-0.39, 0.29) is 6.54 Å². The number of aliphatic hydroxyl groups excluding tert-OH is 1. The van der Waals surface area contributed by atoms with Gasteiger partial charge in [0.15, 0.2) is 0 Å². The van der Waals surface area contributed by atoms with Crippen molar-refractivity contribution in [2.45, 2.75) is 12.5 Å². The third-order valence-corrected chi connectivity index (χ3v) is 1.15. The van der Waals surface area contributed by atoms with Gasteiger partial charge in [-0.05, 0) is 13.0 Å². The number of primary amides is 1. The second kappa shape index (κ2) is 6.06. The molecular formula is C6H13FN2O2. The highest BCUT2D eigenvalue weighted by atomic mass is 19.1. The molecule has 4 nitrogen and oxygen atoms in total. The van der Waals surface area contributed by atoms with Gasteiger partial charge in [-0.15, -0.1) is 0 Å². The van der Waals surface area contributed by atoms with Gasteiger partial charge in [-0.2, -0.15) is 0 Å². The predicted molar refractivity (Wildman–Crippen MR) is 38.7 cm³/mol. The molecule has 5 heteroatoms. The summed E-state index contributed by atoms with van der Waals surface area (Å²) in [4.78, 5) is 10.2. The van der Waals surface area contributed by atoms with Gasteiger partial charge in [0.25, 0.3) is 0 Å². The maximum absolute atomic E-state index is 11.5. The van der Waals surface area contributed by atoms with Gasteiger partial charge in [0, 0.05) is 6.54 Å². The summed E-state index contributed by atoms with van der Waals surface area (Å²) in [6, 6.07) is 0. The smallest absolute Gasteiger partial charge is 0.247 e. The highest BCUT2D eigenvalue weighted by Crippen LogP contribution is 1.80. The van der Waals surface area contributed by atoms with Gasteiger partial charge in [-0.25, -0.2) is 0 Å². The van der Waals surface area contributed by atoms with E-state index in [1.807, 2.05) is 0 Å². The number of rotatable bonds is 6. The highest BCUT2D eigenvalue weighted by Gasteiger charge is 2.08.